The van der Waals surface area contributed by atoms with Crippen LogP contribution in [0.1, 0.15) is 49.2 Å². The number of esters is 1. The Morgan fingerprint density at radius 3 is 2.81 bits per heavy atom. The van der Waals surface area contributed by atoms with Gasteiger partial charge in [0.2, 0.25) is 4.96 Å². The maximum Gasteiger partial charge on any atom is 0.312 e. The molecule has 0 amide bonds. The lowest BCUT2D eigenvalue weighted by molar-refractivity contribution is -0.197. The Labute approximate surface area is 154 Å². The number of aryl methyl sites for hydroxylation is 1. The van der Waals surface area contributed by atoms with Crippen molar-refractivity contribution in [3.63, 3.8) is 0 Å². The van der Waals surface area contributed by atoms with Gasteiger partial charge in [-0.05, 0) is 57.3 Å². The molecule has 2 unspecified atom stereocenters. The predicted octanol–water partition coefficient (Wildman–Crippen LogP) is 1.83. The van der Waals surface area contributed by atoms with Crippen LogP contribution in [0.2, 0.25) is 0 Å². The Balaban J connectivity index is 1.35. The van der Waals surface area contributed by atoms with Crippen LogP contribution in [0.5, 0.6) is 0 Å². The largest absolute Gasteiger partial charge is 0.458 e. The topological polar surface area (TPSA) is 93.8 Å². The molecule has 4 fully saturated rings. The maximum absolute atomic E-state index is 12.9. The molecule has 4 aliphatic carbocycles. The van der Waals surface area contributed by atoms with Crippen molar-refractivity contribution in [3.8, 4) is 0 Å². The van der Waals surface area contributed by atoms with Crippen LogP contribution in [0, 0.1) is 24.2 Å². The van der Waals surface area contributed by atoms with E-state index in [1.54, 1.807) is 6.92 Å². The van der Waals surface area contributed by atoms with Crippen molar-refractivity contribution in [2.45, 2.75) is 57.7 Å². The Morgan fingerprint density at radius 2 is 2.12 bits per heavy atom. The van der Waals surface area contributed by atoms with Gasteiger partial charge >= 0.3 is 5.97 Å². The van der Waals surface area contributed by atoms with E-state index in [1.165, 1.54) is 21.9 Å². The molecule has 4 aliphatic rings. The molecule has 1 N–H and O–H groups in total. The number of fused-ring (bicyclic) bond motifs is 1. The second-order valence-electron chi connectivity index (χ2n) is 8.47. The first kappa shape index (κ1) is 16.4. The SMILES string of the molecule is Cc1cc(=O)n2nc(COC(=O)C34C[C@@H]5C[C@@H](CC(O)(C5)C3)C4)sc2n1. The third-order valence-electron chi connectivity index (χ3n) is 6.20. The second-order valence-corrected chi connectivity index (χ2v) is 9.51. The molecule has 26 heavy (non-hydrogen) atoms. The molecule has 0 saturated heterocycles. The normalized spacial score (nSPS) is 35.2. The molecule has 7 nitrogen and oxygen atoms in total. The number of carbonyl (C=O) groups excluding carboxylic acids is 1. The van der Waals surface area contributed by atoms with Crippen molar-refractivity contribution >= 4 is 22.3 Å². The van der Waals surface area contributed by atoms with Crippen LogP contribution in [-0.4, -0.2) is 31.3 Å². The molecular formula is C18H21N3O4S. The van der Waals surface area contributed by atoms with Crippen molar-refractivity contribution in [1.29, 1.82) is 0 Å². The quantitative estimate of drug-likeness (QED) is 0.823. The summed E-state index contributed by atoms with van der Waals surface area (Å²) in [7, 11) is 0. The summed E-state index contributed by atoms with van der Waals surface area (Å²) in [6.07, 6.45) is 4.94. The Bertz CT molecular complexity index is 951. The zero-order valence-electron chi connectivity index (χ0n) is 14.6. The number of carbonyl (C=O) groups is 1. The zero-order valence-corrected chi connectivity index (χ0v) is 15.4. The Morgan fingerprint density at radius 1 is 1.38 bits per heavy atom. The van der Waals surface area contributed by atoms with Gasteiger partial charge in [-0.2, -0.15) is 9.61 Å². The summed E-state index contributed by atoms with van der Waals surface area (Å²) in [4.78, 5) is 29.7. The van der Waals surface area contributed by atoms with E-state index in [0.29, 0.717) is 33.9 Å². The molecule has 4 bridgehead atoms. The summed E-state index contributed by atoms with van der Waals surface area (Å²) < 4.78 is 6.86. The fourth-order valence-electron chi connectivity index (χ4n) is 5.75. The number of rotatable bonds is 3. The third-order valence-corrected chi connectivity index (χ3v) is 7.09. The minimum absolute atomic E-state index is 0.0425. The van der Waals surface area contributed by atoms with E-state index < -0.39 is 11.0 Å². The lowest BCUT2D eigenvalue weighted by Gasteiger charge is -2.58. The number of hydrogen-bond donors (Lipinski definition) is 1. The summed E-state index contributed by atoms with van der Waals surface area (Å²) in [6, 6.07) is 1.43. The first-order chi connectivity index (χ1) is 12.3. The van der Waals surface area contributed by atoms with Gasteiger partial charge in [-0.25, -0.2) is 4.98 Å². The van der Waals surface area contributed by atoms with Crippen molar-refractivity contribution in [1.82, 2.24) is 14.6 Å². The third kappa shape index (κ3) is 2.50. The highest BCUT2D eigenvalue weighted by molar-refractivity contribution is 7.16. The van der Waals surface area contributed by atoms with Crippen LogP contribution in [0.15, 0.2) is 10.9 Å². The molecule has 2 aromatic rings. The highest BCUT2D eigenvalue weighted by Crippen LogP contribution is 2.62. The highest BCUT2D eigenvalue weighted by Gasteiger charge is 2.60. The summed E-state index contributed by atoms with van der Waals surface area (Å²) >= 11 is 1.26. The fraction of sp³-hybridized carbons (Fsp3) is 0.667. The number of nitrogens with zero attached hydrogens (tertiary/aromatic N) is 3. The lowest BCUT2D eigenvalue weighted by Crippen LogP contribution is -2.58. The van der Waals surface area contributed by atoms with Crippen molar-refractivity contribution in [3.05, 3.63) is 27.1 Å². The van der Waals surface area contributed by atoms with Gasteiger partial charge in [0.25, 0.3) is 5.56 Å². The standard InChI is InChI=1S/C18H21N3O4S/c1-10-2-14(22)21-16(19-10)26-13(20-21)8-25-15(23)17-4-11-3-12(5-17)7-18(24,6-11)9-17/h2,11-12,24H,3-9H2,1H3/t11-,12+,17?,18?. The van der Waals surface area contributed by atoms with Crippen LogP contribution in [0.3, 0.4) is 0 Å². The number of ether oxygens (including phenoxy) is 1. The molecule has 4 atom stereocenters. The number of hydrogen-bond acceptors (Lipinski definition) is 7. The molecule has 8 heteroatoms. The number of aliphatic hydroxyl groups is 1. The van der Waals surface area contributed by atoms with Gasteiger partial charge in [-0.3, -0.25) is 9.59 Å². The average Bonchev–Trinajstić information content (AvgIpc) is 2.93. The van der Waals surface area contributed by atoms with Gasteiger partial charge in [-0.15, -0.1) is 0 Å². The molecule has 0 spiro atoms. The highest BCUT2D eigenvalue weighted by atomic mass is 32.1. The molecule has 4 saturated carbocycles. The monoisotopic (exact) mass is 375 g/mol. The summed E-state index contributed by atoms with van der Waals surface area (Å²) in [5.74, 6) is 0.643. The van der Waals surface area contributed by atoms with Gasteiger partial charge in [0.05, 0.1) is 11.0 Å². The predicted molar refractivity (Wildman–Crippen MR) is 93.7 cm³/mol. The average molecular weight is 375 g/mol. The lowest BCUT2D eigenvalue weighted by atomic mass is 9.48. The molecule has 6 rings (SSSR count). The van der Waals surface area contributed by atoms with E-state index in [0.717, 1.165) is 32.1 Å². The summed E-state index contributed by atoms with van der Waals surface area (Å²) in [5.41, 5.74) is -0.816. The van der Waals surface area contributed by atoms with E-state index in [-0.39, 0.29) is 18.1 Å². The Kier molecular flexibility index (Phi) is 3.37. The van der Waals surface area contributed by atoms with Gasteiger partial charge < -0.3 is 9.84 Å². The summed E-state index contributed by atoms with van der Waals surface area (Å²) in [5, 5.41) is 15.6. The van der Waals surface area contributed by atoms with E-state index in [9.17, 15) is 14.7 Å². The molecule has 0 aliphatic heterocycles. The van der Waals surface area contributed by atoms with Crippen LogP contribution in [-0.2, 0) is 16.1 Å². The van der Waals surface area contributed by atoms with E-state index in [1.807, 2.05) is 0 Å². The van der Waals surface area contributed by atoms with Crippen molar-refractivity contribution in [2.75, 3.05) is 0 Å². The second kappa shape index (κ2) is 5.36. The van der Waals surface area contributed by atoms with Crippen LogP contribution >= 0.6 is 11.3 Å². The molecular weight excluding hydrogens is 354 g/mol. The first-order valence-corrected chi connectivity index (χ1v) is 9.92. The summed E-state index contributed by atoms with van der Waals surface area (Å²) in [6.45, 7) is 1.81. The Hall–Kier alpha value is -1.80. The molecule has 138 valence electrons. The van der Waals surface area contributed by atoms with E-state index >= 15 is 0 Å². The van der Waals surface area contributed by atoms with Crippen molar-refractivity contribution in [2.24, 2.45) is 17.3 Å². The van der Waals surface area contributed by atoms with Gasteiger partial charge in [0.1, 0.15) is 6.61 Å². The van der Waals surface area contributed by atoms with Gasteiger partial charge in [-0.1, -0.05) is 11.3 Å². The van der Waals surface area contributed by atoms with Gasteiger partial charge in [0, 0.05) is 11.8 Å². The van der Waals surface area contributed by atoms with E-state index in [2.05, 4.69) is 10.1 Å². The molecule has 2 heterocycles. The van der Waals surface area contributed by atoms with Crippen LogP contribution < -0.4 is 5.56 Å². The van der Waals surface area contributed by atoms with Gasteiger partial charge in [0.15, 0.2) is 5.01 Å². The van der Waals surface area contributed by atoms with Crippen LogP contribution in [0.25, 0.3) is 4.96 Å². The molecule has 2 aromatic heterocycles. The molecule has 0 aromatic carbocycles. The first-order valence-electron chi connectivity index (χ1n) is 9.10. The molecule has 0 radical (unpaired) electrons. The van der Waals surface area contributed by atoms with Crippen molar-refractivity contribution < 1.29 is 14.6 Å². The minimum atomic E-state index is -0.687. The number of aromatic nitrogens is 3. The maximum atomic E-state index is 12.9. The fourth-order valence-corrected chi connectivity index (χ4v) is 6.61. The van der Waals surface area contributed by atoms with E-state index in [4.69, 9.17) is 4.74 Å². The van der Waals surface area contributed by atoms with Crippen LogP contribution in [0.4, 0.5) is 0 Å². The minimum Gasteiger partial charge on any atom is -0.458 e. The smallest absolute Gasteiger partial charge is 0.312 e. The zero-order chi connectivity index (χ0) is 18.1.